The summed E-state index contributed by atoms with van der Waals surface area (Å²) in [6.07, 6.45) is 1.60. The summed E-state index contributed by atoms with van der Waals surface area (Å²) < 4.78 is 18.4. The number of nitrogens with one attached hydrogen (secondary N) is 2. The zero-order valence-corrected chi connectivity index (χ0v) is 15.4. The van der Waals surface area contributed by atoms with Gasteiger partial charge in [0.1, 0.15) is 11.9 Å². The van der Waals surface area contributed by atoms with Gasteiger partial charge in [0.15, 0.2) is 0 Å². The lowest BCUT2D eigenvalue weighted by atomic mass is 9.79. The van der Waals surface area contributed by atoms with Crippen molar-refractivity contribution in [2.45, 2.75) is 18.9 Å². The zero-order chi connectivity index (χ0) is 20.1. The van der Waals surface area contributed by atoms with Crippen molar-refractivity contribution < 1.29 is 23.5 Å². The number of hydrogen-bond acceptors (Lipinski definition) is 4. The maximum absolute atomic E-state index is 13.0. The third-order valence-electron chi connectivity index (χ3n) is 6.28. The van der Waals surface area contributed by atoms with E-state index >= 15 is 0 Å². The van der Waals surface area contributed by atoms with Crippen LogP contribution in [-0.2, 0) is 14.3 Å². The molecule has 0 spiro atoms. The van der Waals surface area contributed by atoms with Crippen LogP contribution in [0.4, 0.5) is 15.8 Å². The van der Waals surface area contributed by atoms with E-state index in [1.165, 1.54) is 24.3 Å². The summed E-state index contributed by atoms with van der Waals surface area (Å²) in [5.74, 6) is -1.58. The first-order valence-electron chi connectivity index (χ1n) is 9.68. The molecule has 7 heteroatoms. The summed E-state index contributed by atoms with van der Waals surface area (Å²) in [7, 11) is 0. The Morgan fingerprint density at radius 3 is 2.59 bits per heavy atom. The molecular weight excluding hydrogens is 375 g/mol. The predicted octanol–water partition coefficient (Wildman–Crippen LogP) is 3.21. The maximum atomic E-state index is 13.0. The number of amides is 2. The van der Waals surface area contributed by atoms with Gasteiger partial charge in [0.2, 0.25) is 5.91 Å². The second-order valence-electron chi connectivity index (χ2n) is 7.95. The molecule has 0 unspecified atom stereocenters. The van der Waals surface area contributed by atoms with E-state index in [-0.39, 0.29) is 53.4 Å². The van der Waals surface area contributed by atoms with Crippen molar-refractivity contribution in [1.82, 2.24) is 0 Å². The van der Waals surface area contributed by atoms with Gasteiger partial charge in [-0.3, -0.25) is 14.4 Å². The van der Waals surface area contributed by atoms with Gasteiger partial charge in [-0.1, -0.05) is 6.07 Å². The molecule has 2 saturated carbocycles. The van der Waals surface area contributed by atoms with Crippen molar-refractivity contribution in [1.29, 1.82) is 0 Å². The summed E-state index contributed by atoms with van der Waals surface area (Å²) in [6, 6.07) is 12.1. The Kier molecular flexibility index (Phi) is 4.12. The Labute approximate surface area is 166 Å². The van der Waals surface area contributed by atoms with E-state index < -0.39 is 0 Å². The van der Waals surface area contributed by atoms with Crippen molar-refractivity contribution in [3.63, 3.8) is 0 Å². The molecule has 1 heterocycles. The zero-order valence-electron chi connectivity index (χ0n) is 15.4. The molecule has 1 aliphatic heterocycles. The van der Waals surface area contributed by atoms with Gasteiger partial charge in [-0.25, -0.2) is 4.39 Å². The molecular formula is C22H19FN2O4. The fourth-order valence-corrected chi connectivity index (χ4v) is 5.06. The van der Waals surface area contributed by atoms with E-state index in [9.17, 15) is 18.8 Å². The number of anilines is 2. The second-order valence-corrected chi connectivity index (χ2v) is 7.95. The van der Waals surface area contributed by atoms with E-state index in [2.05, 4.69) is 10.6 Å². The van der Waals surface area contributed by atoms with Gasteiger partial charge in [-0.05, 0) is 61.2 Å². The first-order valence-corrected chi connectivity index (χ1v) is 9.68. The fourth-order valence-electron chi connectivity index (χ4n) is 5.06. The number of rotatable bonds is 4. The van der Waals surface area contributed by atoms with Gasteiger partial charge >= 0.3 is 5.97 Å². The van der Waals surface area contributed by atoms with Crippen molar-refractivity contribution in [3.05, 3.63) is 59.9 Å². The van der Waals surface area contributed by atoms with Gasteiger partial charge in [0.05, 0.1) is 11.8 Å². The minimum absolute atomic E-state index is 0.0139. The molecule has 5 rings (SSSR count). The van der Waals surface area contributed by atoms with E-state index in [4.69, 9.17) is 4.74 Å². The van der Waals surface area contributed by atoms with Gasteiger partial charge in [-0.15, -0.1) is 0 Å². The molecule has 6 nitrogen and oxygen atoms in total. The number of carbonyl (C=O) groups excluding carboxylic acids is 3. The summed E-state index contributed by atoms with van der Waals surface area (Å²) in [6.45, 7) is 0. The Morgan fingerprint density at radius 2 is 1.79 bits per heavy atom. The minimum atomic E-state index is -0.384. The van der Waals surface area contributed by atoms with Crippen LogP contribution in [0.25, 0.3) is 0 Å². The number of fused-ring (bicyclic) bond motifs is 1. The lowest BCUT2D eigenvalue weighted by Gasteiger charge is -2.23. The number of esters is 1. The molecule has 29 heavy (non-hydrogen) atoms. The smallest absolute Gasteiger partial charge is 0.310 e. The predicted molar refractivity (Wildman–Crippen MR) is 102 cm³/mol. The highest BCUT2D eigenvalue weighted by Crippen LogP contribution is 2.57. The fraction of sp³-hybridized carbons (Fsp3) is 0.318. The summed E-state index contributed by atoms with van der Waals surface area (Å²) in [4.78, 5) is 37.5. The van der Waals surface area contributed by atoms with Gasteiger partial charge in [0.25, 0.3) is 5.91 Å². The number of benzene rings is 2. The van der Waals surface area contributed by atoms with E-state index in [1.807, 2.05) is 0 Å². The molecule has 2 bridgehead atoms. The largest absolute Gasteiger partial charge is 0.462 e. The average molecular weight is 394 g/mol. The number of halogens is 1. The summed E-state index contributed by atoms with van der Waals surface area (Å²) >= 11 is 0. The van der Waals surface area contributed by atoms with Crippen molar-refractivity contribution >= 4 is 29.2 Å². The molecule has 5 atom stereocenters. The third-order valence-corrected chi connectivity index (χ3v) is 6.28. The standard InChI is InChI=1S/C22H19FN2O4/c23-13-4-6-14(7-5-13)24-20(26)11-2-1-3-15(8-11)25-21(27)18-12-9-16-17(10-12)29-22(28)19(16)18/h1-8,12,16-19H,9-10H2,(H,24,26)(H,25,27)/t12-,16+,17-,18-,19+/m0/s1. The maximum Gasteiger partial charge on any atom is 0.310 e. The molecule has 3 aliphatic rings. The summed E-state index contributed by atoms with van der Waals surface area (Å²) in [5, 5.41) is 5.55. The molecule has 2 aromatic carbocycles. The van der Waals surface area contributed by atoms with E-state index in [0.29, 0.717) is 16.9 Å². The Balaban J connectivity index is 1.29. The Hall–Kier alpha value is -3.22. The minimum Gasteiger partial charge on any atom is -0.462 e. The van der Waals surface area contributed by atoms with Crippen LogP contribution in [-0.4, -0.2) is 23.9 Å². The van der Waals surface area contributed by atoms with Crippen LogP contribution in [0.2, 0.25) is 0 Å². The molecule has 2 amide bonds. The lowest BCUT2D eigenvalue weighted by Crippen LogP contribution is -2.35. The molecule has 1 saturated heterocycles. The highest BCUT2D eigenvalue weighted by molar-refractivity contribution is 6.05. The van der Waals surface area contributed by atoms with Crippen LogP contribution < -0.4 is 10.6 Å². The molecule has 3 fully saturated rings. The Bertz CT molecular complexity index is 1000. The van der Waals surface area contributed by atoms with Gasteiger partial charge in [0, 0.05) is 22.9 Å². The van der Waals surface area contributed by atoms with Gasteiger partial charge in [-0.2, -0.15) is 0 Å². The number of carbonyl (C=O) groups is 3. The quantitative estimate of drug-likeness (QED) is 0.780. The van der Waals surface area contributed by atoms with Crippen molar-refractivity contribution in [2.75, 3.05) is 10.6 Å². The molecule has 2 aromatic rings. The summed E-state index contributed by atoms with van der Waals surface area (Å²) in [5.41, 5.74) is 1.33. The first kappa shape index (κ1) is 17.8. The highest BCUT2D eigenvalue weighted by Gasteiger charge is 2.63. The number of hydrogen-bond donors (Lipinski definition) is 2. The SMILES string of the molecule is O=C(Nc1ccc(F)cc1)c1cccc(NC(=O)[C@H]2[C@H]3C[C@H]4[C@H]2C(=O)O[C@H]4C3)c1. The second kappa shape index (κ2) is 6.69. The number of ether oxygens (including phenoxy) is 1. The third kappa shape index (κ3) is 3.06. The molecule has 2 N–H and O–H groups in total. The first-order chi connectivity index (χ1) is 14.0. The van der Waals surface area contributed by atoms with Crippen LogP contribution in [0.5, 0.6) is 0 Å². The van der Waals surface area contributed by atoms with Crippen LogP contribution in [0.3, 0.4) is 0 Å². The van der Waals surface area contributed by atoms with Crippen LogP contribution >= 0.6 is 0 Å². The van der Waals surface area contributed by atoms with Gasteiger partial charge < -0.3 is 15.4 Å². The lowest BCUT2D eigenvalue weighted by molar-refractivity contribution is -0.145. The highest BCUT2D eigenvalue weighted by atomic mass is 19.1. The molecule has 2 aliphatic carbocycles. The molecule has 0 aromatic heterocycles. The van der Waals surface area contributed by atoms with Crippen LogP contribution in [0, 0.1) is 29.5 Å². The molecule has 0 radical (unpaired) electrons. The van der Waals surface area contributed by atoms with Crippen molar-refractivity contribution in [3.8, 4) is 0 Å². The molecule has 148 valence electrons. The van der Waals surface area contributed by atoms with Crippen LogP contribution in [0.1, 0.15) is 23.2 Å². The average Bonchev–Trinajstić information content (AvgIpc) is 3.32. The van der Waals surface area contributed by atoms with Crippen molar-refractivity contribution in [2.24, 2.45) is 23.7 Å². The van der Waals surface area contributed by atoms with E-state index in [1.54, 1.807) is 24.3 Å². The Morgan fingerprint density at radius 1 is 1.00 bits per heavy atom. The van der Waals surface area contributed by atoms with E-state index in [0.717, 1.165) is 12.8 Å². The topological polar surface area (TPSA) is 84.5 Å². The normalized spacial score (nSPS) is 28.9. The monoisotopic (exact) mass is 394 g/mol. The van der Waals surface area contributed by atoms with Crippen LogP contribution in [0.15, 0.2) is 48.5 Å².